The Hall–Kier alpha value is -5.66. The number of aryl methyl sites for hydroxylation is 1. The van der Waals surface area contributed by atoms with Crippen LogP contribution in [0.3, 0.4) is 0 Å². The van der Waals surface area contributed by atoms with E-state index in [2.05, 4.69) is 189 Å². The number of anilines is 3. The minimum Gasteiger partial charge on any atom is -0.310 e. The molecule has 0 heterocycles. The zero-order valence-electron chi connectivity index (χ0n) is 33.5. The highest BCUT2D eigenvalue weighted by Gasteiger charge is 2.51. The third-order valence-corrected chi connectivity index (χ3v) is 14.5. The van der Waals surface area contributed by atoms with E-state index in [4.69, 9.17) is 0 Å². The normalized spacial score (nSPS) is 22.3. The number of nitrogens with zero attached hydrogens (tertiary/aromatic N) is 1. The van der Waals surface area contributed by atoms with Gasteiger partial charge in [0, 0.05) is 22.4 Å². The van der Waals surface area contributed by atoms with Crippen LogP contribution in [-0.2, 0) is 10.8 Å². The van der Waals surface area contributed by atoms with Gasteiger partial charge in [0.15, 0.2) is 0 Å². The van der Waals surface area contributed by atoms with Gasteiger partial charge in [-0.05, 0) is 155 Å². The van der Waals surface area contributed by atoms with E-state index in [-0.39, 0.29) is 5.41 Å². The quantitative estimate of drug-likeness (QED) is 0.157. The monoisotopic (exact) mass is 737 g/mol. The molecular formula is C56H51N. The first-order chi connectivity index (χ1) is 27.8. The highest BCUT2D eigenvalue weighted by atomic mass is 15.1. The number of para-hydroxylation sites is 1. The van der Waals surface area contributed by atoms with Gasteiger partial charge in [-0.2, -0.15) is 0 Å². The van der Waals surface area contributed by atoms with E-state index in [1.807, 2.05) is 0 Å². The van der Waals surface area contributed by atoms with Gasteiger partial charge in [-0.25, -0.2) is 0 Å². The highest BCUT2D eigenvalue weighted by molar-refractivity contribution is 5.97. The molecule has 1 heteroatoms. The number of hydrogen-bond donors (Lipinski definition) is 0. The van der Waals surface area contributed by atoms with Crippen molar-refractivity contribution in [3.05, 3.63) is 186 Å². The van der Waals surface area contributed by atoms with Crippen molar-refractivity contribution >= 4 is 17.1 Å². The summed E-state index contributed by atoms with van der Waals surface area (Å²) in [4.78, 5) is 2.54. The number of fused-ring (bicyclic) bond motifs is 3. The summed E-state index contributed by atoms with van der Waals surface area (Å²) in [6.07, 6.45) is 8.55. The van der Waals surface area contributed by atoms with Crippen LogP contribution in [0, 0.1) is 24.7 Å². The van der Waals surface area contributed by atoms with Gasteiger partial charge in [0.05, 0.1) is 5.69 Å². The van der Waals surface area contributed by atoms with E-state index < -0.39 is 0 Å². The maximum absolute atomic E-state index is 2.54. The topological polar surface area (TPSA) is 3.24 Å². The van der Waals surface area contributed by atoms with E-state index in [9.17, 15) is 0 Å². The zero-order valence-corrected chi connectivity index (χ0v) is 33.5. The van der Waals surface area contributed by atoms with Gasteiger partial charge < -0.3 is 4.90 Å². The molecule has 4 saturated carbocycles. The summed E-state index contributed by atoms with van der Waals surface area (Å²) in [5, 5.41) is 0. The smallest absolute Gasteiger partial charge is 0.0540 e. The van der Waals surface area contributed by atoms with Gasteiger partial charge in [-0.15, -0.1) is 0 Å². The lowest BCUT2D eigenvalue weighted by Gasteiger charge is -2.57. The molecule has 280 valence electrons. The molecule has 7 aromatic carbocycles. The van der Waals surface area contributed by atoms with Gasteiger partial charge in [0.2, 0.25) is 0 Å². The average molecular weight is 738 g/mol. The largest absolute Gasteiger partial charge is 0.310 e. The lowest BCUT2D eigenvalue weighted by Crippen LogP contribution is -2.48. The standard InChI is InChI=1S/C56H51N/c1-37-21-27-49-50-28-26-44(33-53(50)55(2,3)52(49)29-37)57(43-24-22-42(23-25-43)56-34-38-30-39(35-56)32-40(31-38)36-56)54-20-12-11-19-51(54)48-18-10-9-17-47(48)46-16-8-7-15-45(46)41-13-5-4-6-14-41/h4-29,33,38-40H,30-32,34-36H2,1-3H3. The number of hydrogen-bond acceptors (Lipinski definition) is 1. The Kier molecular flexibility index (Phi) is 8.01. The van der Waals surface area contributed by atoms with Crippen molar-refractivity contribution in [2.24, 2.45) is 17.8 Å². The average Bonchev–Trinajstić information content (AvgIpc) is 3.46. The molecule has 0 unspecified atom stereocenters. The van der Waals surface area contributed by atoms with Crippen LogP contribution in [0.1, 0.15) is 74.6 Å². The van der Waals surface area contributed by atoms with Gasteiger partial charge in [-0.3, -0.25) is 0 Å². The molecule has 57 heavy (non-hydrogen) atoms. The lowest BCUT2D eigenvalue weighted by molar-refractivity contribution is -0.00518. The van der Waals surface area contributed by atoms with E-state index in [1.165, 1.54) is 117 Å². The van der Waals surface area contributed by atoms with Crippen LogP contribution in [0.5, 0.6) is 0 Å². The molecule has 0 N–H and O–H groups in total. The number of rotatable bonds is 7. The zero-order chi connectivity index (χ0) is 38.3. The van der Waals surface area contributed by atoms with Crippen LogP contribution in [0.25, 0.3) is 44.5 Å². The predicted octanol–water partition coefficient (Wildman–Crippen LogP) is 15.2. The van der Waals surface area contributed by atoms with E-state index in [0.717, 1.165) is 17.8 Å². The first-order valence-electron chi connectivity index (χ1n) is 21.3. The van der Waals surface area contributed by atoms with Crippen molar-refractivity contribution in [2.75, 3.05) is 4.90 Å². The summed E-state index contributed by atoms with van der Waals surface area (Å²) < 4.78 is 0. The van der Waals surface area contributed by atoms with E-state index in [0.29, 0.717) is 5.41 Å². The Labute approximate surface area is 339 Å². The maximum atomic E-state index is 2.54. The van der Waals surface area contributed by atoms with Crippen molar-refractivity contribution < 1.29 is 0 Å². The van der Waals surface area contributed by atoms with Crippen molar-refractivity contribution in [2.45, 2.75) is 70.1 Å². The summed E-state index contributed by atoms with van der Waals surface area (Å²) in [7, 11) is 0. The maximum Gasteiger partial charge on any atom is 0.0540 e. The van der Waals surface area contributed by atoms with Crippen LogP contribution in [0.4, 0.5) is 17.1 Å². The SMILES string of the molecule is Cc1ccc2c(c1)C(C)(C)c1cc(N(c3ccc(C45CC6CC(CC(C6)C4)C5)cc3)c3ccccc3-c3ccccc3-c3ccccc3-c3ccccc3)ccc1-2. The Morgan fingerprint density at radius 1 is 0.439 bits per heavy atom. The lowest BCUT2D eigenvalue weighted by atomic mass is 9.48. The van der Waals surface area contributed by atoms with Crippen molar-refractivity contribution in [3.8, 4) is 44.5 Å². The van der Waals surface area contributed by atoms with Crippen molar-refractivity contribution in [3.63, 3.8) is 0 Å². The second-order valence-electron chi connectivity index (χ2n) is 18.5. The van der Waals surface area contributed by atoms with Gasteiger partial charge in [0.25, 0.3) is 0 Å². The summed E-state index contributed by atoms with van der Waals surface area (Å²) >= 11 is 0. The minimum atomic E-state index is -0.103. The molecule has 5 aliphatic rings. The first kappa shape index (κ1) is 34.6. The number of benzene rings is 7. The Morgan fingerprint density at radius 2 is 0.930 bits per heavy atom. The fourth-order valence-corrected chi connectivity index (χ4v) is 12.3. The Morgan fingerprint density at radius 3 is 1.58 bits per heavy atom. The predicted molar refractivity (Wildman–Crippen MR) is 240 cm³/mol. The third kappa shape index (κ3) is 5.65. The minimum absolute atomic E-state index is 0.103. The fraction of sp³-hybridized carbons (Fsp3) is 0.250. The molecule has 7 aromatic rings. The molecule has 5 aliphatic carbocycles. The van der Waals surface area contributed by atoms with E-state index in [1.54, 1.807) is 5.56 Å². The fourth-order valence-electron chi connectivity index (χ4n) is 12.3. The van der Waals surface area contributed by atoms with Gasteiger partial charge in [0.1, 0.15) is 0 Å². The third-order valence-electron chi connectivity index (χ3n) is 14.5. The Balaban J connectivity index is 1.08. The molecule has 0 atom stereocenters. The van der Waals surface area contributed by atoms with Crippen LogP contribution >= 0.6 is 0 Å². The summed E-state index contributed by atoms with van der Waals surface area (Å²) in [5.74, 6) is 2.78. The second kappa shape index (κ2) is 13.2. The molecule has 0 aliphatic heterocycles. The molecular weight excluding hydrogens is 687 g/mol. The second-order valence-corrected chi connectivity index (χ2v) is 18.5. The first-order valence-corrected chi connectivity index (χ1v) is 21.3. The van der Waals surface area contributed by atoms with Crippen LogP contribution in [-0.4, -0.2) is 0 Å². The van der Waals surface area contributed by atoms with Crippen molar-refractivity contribution in [1.82, 2.24) is 0 Å². The molecule has 12 rings (SSSR count). The van der Waals surface area contributed by atoms with Gasteiger partial charge >= 0.3 is 0 Å². The molecule has 0 radical (unpaired) electrons. The summed E-state index contributed by atoms with van der Waals surface area (Å²) in [6.45, 7) is 7.02. The van der Waals surface area contributed by atoms with Gasteiger partial charge in [-0.1, -0.05) is 153 Å². The molecule has 0 saturated heterocycles. The molecule has 0 amide bonds. The molecule has 0 spiro atoms. The molecule has 4 fully saturated rings. The van der Waals surface area contributed by atoms with Crippen LogP contribution in [0.2, 0.25) is 0 Å². The Bertz CT molecular complexity index is 2610. The van der Waals surface area contributed by atoms with Crippen LogP contribution in [0.15, 0.2) is 164 Å². The van der Waals surface area contributed by atoms with E-state index >= 15 is 0 Å². The molecule has 1 nitrogen and oxygen atoms in total. The summed E-state index contributed by atoms with van der Waals surface area (Å²) in [6, 6.07) is 61.9. The van der Waals surface area contributed by atoms with Crippen LogP contribution < -0.4 is 4.90 Å². The molecule has 4 bridgehead atoms. The highest BCUT2D eigenvalue weighted by Crippen LogP contribution is 2.61. The summed E-state index contributed by atoms with van der Waals surface area (Å²) in [5.41, 5.74) is 19.7. The molecule has 0 aromatic heterocycles. The van der Waals surface area contributed by atoms with Crippen molar-refractivity contribution in [1.29, 1.82) is 0 Å².